The fourth-order valence-corrected chi connectivity index (χ4v) is 3.39. The van der Waals surface area contributed by atoms with Gasteiger partial charge in [-0.15, -0.1) is 0 Å². The number of carbonyl (C=O) groups is 1. The van der Waals surface area contributed by atoms with E-state index < -0.39 is 16.0 Å². The molecule has 0 saturated heterocycles. The van der Waals surface area contributed by atoms with Crippen LogP contribution in [0.3, 0.4) is 0 Å². The van der Waals surface area contributed by atoms with Crippen LogP contribution in [0.5, 0.6) is 0 Å². The SMILES string of the molecule is COC(=O)c1ccccc1S(=O)(=O)Nc1cccnc1Br. The lowest BCUT2D eigenvalue weighted by atomic mass is 10.2. The third-order valence-corrected chi connectivity index (χ3v) is 4.64. The lowest BCUT2D eigenvalue weighted by Crippen LogP contribution is -2.17. The molecule has 0 amide bonds. The van der Waals surface area contributed by atoms with E-state index >= 15 is 0 Å². The third kappa shape index (κ3) is 3.40. The predicted octanol–water partition coefficient (Wildman–Crippen LogP) is 2.43. The number of pyridine rings is 1. The van der Waals surface area contributed by atoms with E-state index in [-0.39, 0.29) is 16.1 Å². The average Bonchev–Trinajstić information content (AvgIpc) is 2.48. The van der Waals surface area contributed by atoms with E-state index in [1.807, 2.05) is 0 Å². The highest BCUT2D eigenvalue weighted by molar-refractivity contribution is 9.10. The number of methoxy groups -OCH3 is 1. The van der Waals surface area contributed by atoms with Crippen LogP contribution >= 0.6 is 15.9 Å². The Morgan fingerprint density at radius 2 is 1.95 bits per heavy atom. The molecule has 2 rings (SSSR count). The number of carbonyl (C=O) groups excluding carboxylic acids is 1. The van der Waals surface area contributed by atoms with Crippen molar-refractivity contribution in [3.63, 3.8) is 0 Å². The van der Waals surface area contributed by atoms with Crippen LogP contribution in [0.25, 0.3) is 0 Å². The first-order valence-electron chi connectivity index (χ1n) is 5.76. The summed E-state index contributed by atoms with van der Waals surface area (Å²) in [6.07, 6.45) is 1.52. The molecule has 8 heteroatoms. The summed E-state index contributed by atoms with van der Waals surface area (Å²) in [6.45, 7) is 0. The minimum Gasteiger partial charge on any atom is -0.465 e. The van der Waals surface area contributed by atoms with E-state index in [4.69, 9.17) is 0 Å². The van der Waals surface area contributed by atoms with Crippen molar-refractivity contribution in [1.29, 1.82) is 0 Å². The molecule has 2 aromatic rings. The van der Waals surface area contributed by atoms with Crippen molar-refractivity contribution in [2.24, 2.45) is 0 Å². The molecule has 0 saturated carbocycles. The lowest BCUT2D eigenvalue weighted by molar-refractivity contribution is 0.0596. The molecule has 0 aliphatic rings. The van der Waals surface area contributed by atoms with Crippen molar-refractivity contribution in [2.45, 2.75) is 4.90 Å². The van der Waals surface area contributed by atoms with Gasteiger partial charge in [0.05, 0.1) is 18.4 Å². The second-order valence-electron chi connectivity index (χ2n) is 3.94. The van der Waals surface area contributed by atoms with Crippen LogP contribution < -0.4 is 4.72 Å². The highest BCUT2D eigenvalue weighted by Gasteiger charge is 2.23. The van der Waals surface area contributed by atoms with Gasteiger partial charge in [-0.05, 0) is 40.2 Å². The number of hydrogen-bond acceptors (Lipinski definition) is 5. The van der Waals surface area contributed by atoms with Crippen LogP contribution in [-0.2, 0) is 14.8 Å². The van der Waals surface area contributed by atoms with Gasteiger partial charge in [-0.2, -0.15) is 0 Å². The average molecular weight is 371 g/mol. The molecule has 0 aliphatic heterocycles. The summed E-state index contributed by atoms with van der Waals surface area (Å²) in [5.74, 6) is -0.721. The number of esters is 1. The van der Waals surface area contributed by atoms with Crippen molar-refractivity contribution < 1.29 is 17.9 Å². The van der Waals surface area contributed by atoms with Crippen LogP contribution in [0.15, 0.2) is 52.1 Å². The Bertz CT molecular complexity index is 777. The van der Waals surface area contributed by atoms with Gasteiger partial charge in [-0.25, -0.2) is 18.2 Å². The Morgan fingerprint density at radius 1 is 1.24 bits per heavy atom. The molecule has 21 heavy (non-hydrogen) atoms. The Balaban J connectivity index is 2.46. The summed E-state index contributed by atoms with van der Waals surface area (Å²) >= 11 is 3.15. The van der Waals surface area contributed by atoms with Gasteiger partial charge < -0.3 is 4.74 Å². The van der Waals surface area contributed by atoms with Crippen LogP contribution in [0.1, 0.15) is 10.4 Å². The summed E-state index contributed by atoms with van der Waals surface area (Å²) in [6, 6.07) is 8.95. The summed E-state index contributed by atoms with van der Waals surface area (Å²) in [5.41, 5.74) is 0.240. The van der Waals surface area contributed by atoms with E-state index in [0.717, 1.165) is 0 Å². The Morgan fingerprint density at radius 3 is 2.62 bits per heavy atom. The normalized spacial score (nSPS) is 11.0. The maximum absolute atomic E-state index is 12.4. The predicted molar refractivity (Wildman–Crippen MR) is 80.5 cm³/mol. The second kappa shape index (κ2) is 6.23. The maximum Gasteiger partial charge on any atom is 0.339 e. The van der Waals surface area contributed by atoms with Crippen molar-refractivity contribution in [3.8, 4) is 0 Å². The number of benzene rings is 1. The number of anilines is 1. The number of aromatic nitrogens is 1. The van der Waals surface area contributed by atoms with Gasteiger partial charge in [-0.1, -0.05) is 12.1 Å². The van der Waals surface area contributed by atoms with E-state index in [9.17, 15) is 13.2 Å². The van der Waals surface area contributed by atoms with Crippen molar-refractivity contribution >= 4 is 37.6 Å². The molecular weight excluding hydrogens is 360 g/mol. The minimum atomic E-state index is -3.94. The quantitative estimate of drug-likeness (QED) is 0.659. The first-order valence-corrected chi connectivity index (χ1v) is 8.04. The highest BCUT2D eigenvalue weighted by atomic mass is 79.9. The molecule has 0 fully saturated rings. The van der Waals surface area contributed by atoms with Gasteiger partial charge in [0.1, 0.15) is 9.50 Å². The summed E-state index contributed by atoms with van der Waals surface area (Å²) in [7, 11) is -2.75. The molecule has 1 aromatic carbocycles. The smallest absolute Gasteiger partial charge is 0.339 e. The lowest BCUT2D eigenvalue weighted by Gasteiger charge is -2.11. The Labute approximate surface area is 130 Å². The number of rotatable bonds is 4. The number of nitrogens with zero attached hydrogens (tertiary/aromatic N) is 1. The summed E-state index contributed by atoms with van der Waals surface area (Å²) in [5, 5.41) is 0. The first kappa shape index (κ1) is 15.5. The number of halogens is 1. The van der Waals surface area contributed by atoms with Crippen LogP contribution in [0.4, 0.5) is 5.69 Å². The van der Waals surface area contributed by atoms with Gasteiger partial charge in [0, 0.05) is 6.20 Å². The van der Waals surface area contributed by atoms with Gasteiger partial charge >= 0.3 is 5.97 Å². The zero-order chi connectivity index (χ0) is 15.5. The molecule has 0 spiro atoms. The van der Waals surface area contributed by atoms with Crippen LogP contribution in [0.2, 0.25) is 0 Å². The minimum absolute atomic E-state index is 0.0347. The van der Waals surface area contributed by atoms with Crippen molar-refractivity contribution in [1.82, 2.24) is 4.98 Å². The van der Waals surface area contributed by atoms with Gasteiger partial charge in [0.25, 0.3) is 10.0 Å². The topological polar surface area (TPSA) is 85.4 Å². The number of nitrogens with one attached hydrogen (secondary N) is 1. The molecule has 1 N–H and O–H groups in total. The molecular formula is C13H11BrN2O4S. The fourth-order valence-electron chi connectivity index (χ4n) is 1.64. The van der Waals surface area contributed by atoms with Gasteiger partial charge in [-0.3, -0.25) is 4.72 Å². The monoisotopic (exact) mass is 370 g/mol. The number of hydrogen-bond donors (Lipinski definition) is 1. The Hall–Kier alpha value is -1.93. The van der Waals surface area contributed by atoms with Gasteiger partial charge in [0.2, 0.25) is 0 Å². The number of ether oxygens (including phenoxy) is 1. The van der Waals surface area contributed by atoms with Crippen molar-refractivity contribution in [3.05, 3.63) is 52.8 Å². The molecule has 0 bridgehead atoms. The molecule has 1 heterocycles. The zero-order valence-corrected chi connectivity index (χ0v) is 13.3. The van der Waals surface area contributed by atoms with Crippen LogP contribution in [-0.4, -0.2) is 26.5 Å². The van der Waals surface area contributed by atoms with Gasteiger partial charge in [0.15, 0.2) is 0 Å². The van der Waals surface area contributed by atoms with Crippen LogP contribution in [0, 0.1) is 0 Å². The Kier molecular flexibility index (Phi) is 4.59. The molecule has 110 valence electrons. The third-order valence-electron chi connectivity index (χ3n) is 2.59. The molecule has 6 nitrogen and oxygen atoms in total. The summed E-state index contributed by atoms with van der Waals surface area (Å²) in [4.78, 5) is 15.4. The second-order valence-corrected chi connectivity index (χ2v) is 6.34. The molecule has 0 radical (unpaired) electrons. The van der Waals surface area contributed by atoms with E-state index in [1.165, 1.54) is 31.5 Å². The molecule has 0 atom stereocenters. The highest BCUT2D eigenvalue weighted by Crippen LogP contribution is 2.24. The molecule has 0 unspecified atom stereocenters. The zero-order valence-electron chi connectivity index (χ0n) is 10.9. The standard InChI is InChI=1S/C13H11BrN2O4S/c1-20-13(17)9-5-2-3-7-11(9)21(18,19)16-10-6-4-8-15-12(10)14/h2-8,16H,1H3. The van der Waals surface area contributed by atoms with E-state index in [0.29, 0.717) is 4.60 Å². The summed E-state index contributed by atoms with van der Waals surface area (Å²) < 4.78 is 32.2. The van der Waals surface area contributed by atoms with E-state index in [1.54, 1.807) is 18.2 Å². The van der Waals surface area contributed by atoms with Crippen molar-refractivity contribution in [2.75, 3.05) is 11.8 Å². The number of sulfonamides is 1. The maximum atomic E-state index is 12.4. The van der Waals surface area contributed by atoms with E-state index in [2.05, 4.69) is 30.4 Å². The molecule has 0 aliphatic carbocycles. The largest absolute Gasteiger partial charge is 0.465 e. The first-order chi connectivity index (χ1) is 9.95. The fraction of sp³-hybridized carbons (Fsp3) is 0.0769. The molecule has 1 aromatic heterocycles.